The zero-order valence-electron chi connectivity index (χ0n) is 9.57. The topological polar surface area (TPSA) is 73.1 Å². The number of nitrogens with zero attached hydrogens (tertiary/aromatic N) is 2. The first-order valence-corrected chi connectivity index (χ1v) is 5.79. The van der Waals surface area contributed by atoms with Crippen molar-refractivity contribution in [1.29, 1.82) is 0 Å². The Morgan fingerprint density at radius 2 is 2.31 bits per heavy atom. The minimum Gasteiger partial charge on any atom is -0.476 e. The monoisotopic (exact) mass is 222 g/mol. The average Bonchev–Trinajstić information content (AvgIpc) is 3.10. The summed E-state index contributed by atoms with van der Waals surface area (Å²) in [5.41, 5.74) is 5.40. The molecule has 1 saturated carbocycles. The van der Waals surface area contributed by atoms with Gasteiger partial charge in [-0.1, -0.05) is 0 Å². The summed E-state index contributed by atoms with van der Waals surface area (Å²) in [4.78, 5) is 8.85. The highest BCUT2D eigenvalue weighted by atomic mass is 16.5. The van der Waals surface area contributed by atoms with Gasteiger partial charge in [0.05, 0.1) is 0 Å². The minimum atomic E-state index is 0.493. The molecule has 0 saturated heterocycles. The molecule has 5 nitrogen and oxygen atoms in total. The van der Waals surface area contributed by atoms with Crippen LogP contribution in [0.5, 0.6) is 5.88 Å². The van der Waals surface area contributed by atoms with Crippen molar-refractivity contribution in [3.8, 4) is 5.88 Å². The molecule has 0 bridgehead atoms. The molecule has 0 atom stereocenters. The van der Waals surface area contributed by atoms with Gasteiger partial charge in [0.1, 0.15) is 18.2 Å². The first-order valence-electron chi connectivity index (χ1n) is 5.79. The Hall–Kier alpha value is -1.36. The van der Waals surface area contributed by atoms with Crippen LogP contribution < -0.4 is 15.8 Å². The van der Waals surface area contributed by atoms with Crippen LogP contribution in [0.3, 0.4) is 0 Å². The molecule has 88 valence electrons. The molecule has 0 unspecified atom stereocenters. The van der Waals surface area contributed by atoms with E-state index in [9.17, 15) is 0 Å². The average molecular weight is 222 g/mol. The first kappa shape index (κ1) is 11.1. The van der Waals surface area contributed by atoms with Gasteiger partial charge < -0.3 is 15.8 Å². The lowest BCUT2D eigenvalue weighted by Crippen LogP contribution is -2.12. The van der Waals surface area contributed by atoms with Crippen molar-refractivity contribution < 1.29 is 4.74 Å². The van der Waals surface area contributed by atoms with Crippen molar-refractivity contribution in [2.24, 2.45) is 5.73 Å². The molecule has 1 aliphatic carbocycles. The summed E-state index contributed by atoms with van der Waals surface area (Å²) in [6.45, 7) is 3.88. The maximum absolute atomic E-state index is 5.44. The van der Waals surface area contributed by atoms with Crippen molar-refractivity contribution in [3.63, 3.8) is 0 Å². The Kier molecular flexibility index (Phi) is 3.56. The number of aromatic nitrogens is 2. The Morgan fingerprint density at radius 1 is 1.50 bits per heavy atom. The van der Waals surface area contributed by atoms with Gasteiger partial charge in [-0.05, 0) is 19.8 Å². The Labute approximate surface area is 95.4 Å². The fourth-order valence-corrected chi connectivity index (χ4v) is 1.48. The Morgan fingerprint density at radius 3 is 2.94 bits per heavy atom. The quantitative estimate of drug-likeness (QED) is 0.754. The van der Waals surface area contributed by atoms with E-state index in [1.807, 2.05) is 13.0 Å². The van der Waals surface area contributed by atoms with E-state index in [2.05, 4.69) is 15.3 Å². The zero-order chi connectivity index (χ0) is 11.4. The number of ether oxygens (including phenoxy) is 1. The SMILES string of the molecule is CCNc1cc(OCCN)nc(C2CC2)n1. The van der Waals surface area contributed by atoms with E-state index in [1.165, 1.54) is 12.8 Å². The molecule has 5 heteroatoms. The van der Waals surface area contributed by atoms with Crippen molar-refractivity contribution in [2.75, 3.05) is 25.0 Å². The summed E-state index contributed by atoms with van der Waals surface area (Å²) in [6.07, 6.45) is 2.37. The second kappa shape index (κ2) is 5.12. The second-order valence-corrected chi connectivity index (χ2v) is 3.89. The van der Waals surface area contributed by atoms with E-state index in [0.29, 0.717) is 24.9 Å². The molecule has 1 aromatic rings. The number of nitrogens with two attached hydrogens (primary N) is 1. The van der Waals surface area contributed by atoms with E-state index >= 15 is 0 Å². The molecular formula is C11H18N4O. The summed E-state index contributed by atoms with van der Waals surface area (Å²) < 4.78 is 5.44. The third-order valence-electron chi connectivity index (χ3n) is 2.39. The van der Waals surface area contributed by atoms with Crippen LogP contribution in [0.2, 0.25) is 0 Å². The van der Waals surface area contributed by atoms with Gasteiger partial charge in [-0.2, -0.15) is 4.98 Å². The lowest BCUT2D eigenvalue weighted by molar-refractivity contribution is 0.314. The number of nitrogens with one attached hydrogen (secondary N) is 1. The predicted molar refractivity (Wildman–Crippen MR) is 62.7 cm³/mol. The van der Waals surface area contributed by atoms with Crippen LogP contribution in [0.15, 0.2) is 6.07 Å². The van der Waals surface area contributed by atoms with Gasteiger partial charge in [-0.25, -0.2) is 4.98 Å². The summed E-state index contributed by atoms with van der Waals surface area (Å²) in [5, 5.41) is 3.19. The highest BCUT2D eigenvalue weighted by Crippen LogP contribution is 2.39. The standard InChI is InChI=1S/C11H18N4O/c1-2-13-9-7-10(16-6-5-12)15-11(14-9)8-3-4-8/h7-8H,2-6,12H2,1H3,(H,13,14,15). The summed E-state index contributed by atoms with van der Waals surface area (Å²) in [6, 6.07) is 1.82. The molecule has 1 aliphatic rings. The largest absolute Gasteiger partial charge is 0.476 e. The molecule has 2 rings (SSSR count). The van der Waals surface area contributed by atoms with Crippen molar-refractivity contribution >= 4 is 5.82 Å². The van der Waals surface area contributed by atoms with Gasteiger partial charge in [0.15, 0.2) is 0 Å². The number of rotatable bonds is 6. The van der Waals surface area contributed by atoms with Gasteiger partial charge in [0.2, 0.25) is 5.88 Å². The smallest absolute Gasteiger partial charge is 0.218 e. The van der Waals surface area contributed by atoms with Gasteiger partial charge in [0, 0.05) is 25.1 Å². The van der Waals surface area contributed by atoms with Crippen LogP contribution in [0, 0.1) is 0 Å². The summed E-state index contributed by atoms with van der Waals surface area (Å²) in [7, 11) is 0. The lowest BCUT2D eigenvalue weighted by atomic mass is 10.4. The predicted octanol–water partition coefficient (Wildman–Crippen LogP) is 1.12. The van der Waals surface area contributed by atoms with Gasteiger partial charge in [-0.3, -0.25) is 0 Å². The van der Waals surface area contributed by atoms with Crippen LogP contribution in [-0.4, -0.2) is 29.7 Å². The second-order valence-electron chi connectivity index (χ2n) is 3.89. The van der Waals surface area contributed by atoms with Gasteiger partial charge >= 0.3 is 0 Å². The third-order valence-corrected chi connectivity index (χ3v) is 2.39. The molecule has 0 amide bonds. The van der Waals surface area contributed by atoms with E-state index in [4.69, 9.17) is 10.5 Å². The first-order chi connectivity index (χ1) is 7.83. The summed E-state index contributed by atoms with van der Waals surface area (Å²) in [5.74, 6) is 2.88. The molecule has 0 spiro atoms. The molecule has 1 fully saturated rings. The van der Waals surface area contributed by atoms with Crippen molar-refractivity contribution in [3.05, 3.63) is 11.9 Å². The maximum atomic E-state index is 5.44. The molecule has 1 heterocycles. The highest BCUT2D eigenvalue weighted by molar-refractivity contribution is 5.39. The van der Waals surface area contributed by atoms with E-state index in [0.717, 1.165) is 18.2 Å². The van der Waals surface area contributed by atoms with E-state index < -0.39 is 0 Å². The minimum absolute atomic E-state index is 0.493. The Bertz CT molecular complexity index is 352. The molecule has 3 N–H and O–H groups in total. The molecule has 1 aromatic heterocycles. The van der Waals surface area contributed by atoms with Crippen molar-refractivity contribution in [2.45, 2.75) is 25.7 Å². The zero-order valence-corrected chi connectivity index (χ0v) is 9.57. The molecule has 0 radical (unpaired) electrons. The molecule has 16 heavy (non-hydrogen) atoms. The fraction of sp³-hybridized carbons (Fsp3) is 0.636. The molecule has 0 aliphatic heterocycles. The normalized spacial score (nSPS) is 14.9. The van der Waals surface area contributed by atoms with Gasteiger partial charge in [-0.15, -0.1) is 0 Å². The van der Waals surface area contributed by atoms with Gasteiger partial charge in [0.25, 0.3) is 0 Å². The van der Waals surface area contributed by atoms with E-state index in [-0.39, 0.29) is 0 Å². The number of hydrogen-bond acceptors (Lipinski definition) is 5. The molecule has 0 aromatic carbocycles. The van der Waals surface area contributed by atoms with Crippen molar-refractivity contribution in [1.82, 2.24) is 9.97 Å². The number of anilines is 1. The Balaban J connectivity index is 2.14. The molecular weight excluding hydrogens is 204 g/mol. The van der Waals surface area contributed by atoms with Crippen LogP contribution in [-0.2, 0) is 0 Å². The van der Waals surface area contributed by atoms with Crippen LogP contribution in [0.1, 0.15) is 31.5 Å². The third kappa shape index (κ3) is 2.82. The lowest BCUT2D eigenvalue weighted by Gasteiger charge is -2.09. The van der Waals surface area contributed by atoms with Crippen LogP contribution in [0.25, 0.3) is 0 Å². The van der Waals surface area contributed by atoms with Crippen LogP contribution in [0.4, 0.5) is 5.82 Å². The highest BCUT2D eigenvalue weighted by Gasteiger charge is 2.27. The number of hydrogen-bond donors (Lipinski definition) is 2. The summed E-state index contributed by atoms with van der Waals surface area (Å²) >= 11 is 0. The van der Waals surface area contributed by atoms with Crippen LogP contribution >= 0.6 is 0 Å². The van der Waals surface area contributed by atoms with E-state index in [1.54, 1.807) is 0 Å². The maximum Gasteiger partial charge on any atom is 0.218 e. The fourth-order valence-electron chi connectivity index (χ4n) is 1.48.